The van der Waals surface area contributed by atoms with E-state index in [4.69, 9.17) is 0 Å². The van der Waals surface area contributed by atoms with Crippen molar-refractivity contribution in [2.75, 3.05) is 13.1 Å². The number of imidazole rings is 1. The van der Waals surface area contributed by atoms with E-state index in [0.29, 0.717) is 5.69 Å². The molecule has 1 aliphatic rings. The molecule has 7 heteroatoms. The van der Waals surface area contributed by atoms with Crippen molar-refractivity contribution < 1.29 is 4.79 Å². The molecule has 0 aliphatic carbocycles. The van der Waals surface area contributed by atoms with Gasteiger partial charge in [0.15, 0.2) is 0 Å². The number of nitrogens with one attached hydrogen (secondary N) is 1. The van der Waals surface area contributed by atoms with Crippen LogP contribution in [0, 0.1) is 0 Å². The minimum Gasteiger partial charge on any atom is -0.331 e. The molecule has 0 bridgehead atoms. The highest BCUT2D eigenvalue weighted by molar-refractivity contribution is 5.93. The minimum absolute atomic E-state index is 0.0530. The zero-order valence-electron chi connectivity index (χ0n) is 16.2. The van der Waals surface area contributed by atoms with Crippen molar-refractivity contribution in [1.82, 2.24) is 24.2 Å². The van der Waals surface area contributed by atoms with E-state index < -0.39 is 0 Å². The van der Waals surface area contributed by atoms with E-state index in [0.717, 1.165) is 26.1 Å². The molecule has 1 aromatic carbocycles. The van der Waals surface area contributed by atoms with E-state index in [1.807, 2.05) is 24.8 Å². The number of likely N-dealkylation sites (tertiary alicyclic amines) is 1. The highest BCUT2D eigenvalue weighted by Crippen LogP contribution is 2.22. The Bertz CT molecular complexity index is 1020. The summed E-state index contributed by atoms with van der Waals surface area (Å²) >= 11 is 0. The van der Waals surface area contributed by atoms with Gasteiger partial charge in [0.05, 0.1) is 0 Å². The maximum atomic E-state index is 13.2. The Morgan fingerprint density at radius 3 is 2.82 bits per heavy atom. The molecular formula is C21H25N5O2. The first-order chi connectivity index (χ1) is 13.5. The molecule has 0 saturated carbocycles. The van der Waals surface area contributed by atoms with Crippen molar-refractivity contribution in [3.63, 3.8) is 0 Å². The number of hydrogen-bond donors (Lipinski definition) is 1. The molecule has 4 rings (SSSR count). The summed E-state index contributed by atoms with van der Waals surface area (Å²) in [7, 11) is 0. The van der Waals surface area contributed by atoms with Gasteiger partial charge in [-0.25, -0.2) is 4.98 Å². The molecule has 3 aromatic rings. The van der Waals surface area contributed by atoms with Crippen LogP contribution in [0.25, 0.3) is 5.65 Å². The van der Waals surface area contributed by atoms with Crippen LogP contribution >= 0.6 is 0 Å². The van der Waals surface area contributed by atoms with E-state index in [1.54, 1.807) is 23.0 Å². The summed E-state index contributed by atoms with van der Waals surface area (Å²) in [6.45, 7) is 6.75. The first-order valence-electron chi connectivity index (χ1n) is 9.68. The summed E-state index contributed by atoms with van der Waals surface area (Å²) < 4.78 is 1.60. The van der Waals surface area contributed by atoms with E-state index in [2.05, 4.69) is 39.1 Å². The Morgan fingerprint density at radius 2 is 2.11 bits per heavy atom. The molecule has 1 N–H and O–H groups in total. The highest BCUT2D eigenvalue weighted by atomic mass is 16.2. The number of H-pyrrole nitrogens is 1. The Labute approximate surface area is 163 Å². The summed E-state index contributed by atoms with van der Waals surface area (Å²) in [6.07, 6.45) is 5.81. The van der Waals surface area contributed by atoms with E-state index >= 15 is 0 Å². The third-order valence-electron chi connectivity index (χ3n) is 5.28. The molecular weight excluding hydrogens is 354 g/mol. The standard InChI is InChI=1S/C21H25N5O2/c1-15(2)26(17-8-10-24(13-17)12-16-6-4-3-5-7-16)21(28)18-14-25-11-9-22-20(27)19(25)23-18/h3-7,9,11,14-15,17H,8,10,12-13H2,1-2H3,(H,22,27). The average molecular weight is 379 g/mol. The molecule has 28 heavy (non-hydrogen) atoms. The molecule has 1 amide bonds. The Morgan fingerprint density at radius 1 is 1.32 bits per heavy atom. The summed E-state index contributed by atoms with van der Waals surface area (Å²) in [5, 5.41) is 0. The van der Waals surface area contributed by atoms with Gasteiger partial charge in [-0.1, -0.05) is 30.3 Å². The molecule has 2 aromatic heterocycles. The smallest absolute Gasteiger partial charge is 0.291 e. The summed E-state index contributed by atoms with van der Waals surface area (Å²) in [5.41, 5.74) is 1.54. The van der Waals surface area contributed by atoms with Crippen LogP contribution in [0.15, 0.2) is 53.7 Å². The third kappa shape index (κ3) is 3.57. The van der Waals surface area contributed by atoms with Crippen LogP contribution in [0.5, 0.6) is 0 Å². The topological polar surface area (TPSA) is 73.7 Å². The number of aromatic amines is 1. The van der Waals surface area contributed by atoms with Gasteiger partial charge in [0.25, 0.3) is 11.5 Å². The van der Waals surface area contributed by atoms with Gasteiger partial charge in [0.2, 0.25) is 5.65 Å². The summed E-state index contributed by atoms with van der Waals surface area (Å²) in [4.78, 5) is 36.3. The number of hydrogen-bond acceptors (Lipinski definition) is 4. The van der Waals surface area contributed by atoms with Crippen molar-refractivity contribution in [3.05, 3.63) is 70.5 Å². The zero-order chi connectivity index (χ0) is 19.7. The fourth-order valence-corrected chi connectivity index (χ4v) is 4.01. The minimum atomic E-state index is -0.299. The largest absolute Gasteiger partial charge is 0.331 e. The van der Waals surface area contributed by atoms with Crippen LogP contribution in [0.3, 0.4) is 0 Å². The second-order valence-electron chi connectivity index (χ2n) is 7.62. The van der Waals surface area contributed by atoms with Gasteiger partial charge in [-0.2, -0.15) is 0 Å². The first kappa shape index (κ1) is 18.4. The lowest BCUT2D eigenvalue weighted by Gasteiger charge is -2.32. The second-order valence-corrected chi connectivity index (χ2v) is 7.62. The van der Waals surface area contributed by atoms with Gasteiger partial charge in [0, 0.05) is 50.3 Å². The van der Waals surface area contributed by atoms with Gasteiger partial charge in [0.1, 0.15) is 5.69 Å². The Kier molecular flexibility index (Phi) is 5.00. The maximum absolute atomic E-state index is 13.2. The molecule has 0 radical (unpaired) electrons. The van der Waals surface area contributed by atoms with Gasteiger partial charge in [-0.05, 0) is 25.8 Å². The number of benzene rings is 1. The molecule has 1 saturated heterocycles. The number of aromatic nitrogens is 3. The SMILES string of the molecule is CC(C)N(C(=O)c1cn2cc[nH]c(=O)c2n1)C1CCN(Cc2ccccc2)C1. The number of carbonyl (C=O) groups excluding carboxylic acids is 1. The van der Waals surface area contributed by atoms with Gasteiger partial charge >= 0.3 is 0 Å². The van der Waals surface area contributed by atoms with Crippen molar-refractivity contribution >= 4 is 11.6 Å². The lowest BCUT2D eigenvalue weighted by atomic mass is 10.1. The molecule has 1 atom stereocenters. The molecule has 3 heterocycles. The number of nitrogens with zero attached hydrogens (tertiary/aromatic N) is 4. The predicted molar refractivity (Wildman–Crippen MR) is 107 cm³/mol. The lowest BCUT2D eigenvalue weighted by molar-refractivity contribution is 0.0608. The summed E-state index contributed by atoms with van der Waals surface area (Å²) in [6, 6.07) is 10.6. The van der Waals surface area contributed by atoms with Crippen molar-refractivity contribution in [1.29, 1.82) is 0 Å². The molecule has 1 unspecified atom stereocenters. The van der Waals surface area contributed by atoms with Crippen molar-refractivity contribution in [3.8, 4) is 0 Å². The first-order valence-corrected chi connectivity index (χ1v) is 9.68. The summed E-state index contributed by atoms with van der Waals surface area (Å²) in [5.74, 6) is -0.121. The van der Waals surface area contributed by atoms with Crippen LogP contribution in [0.1, 0.15) is 36.3 Å². The number of rotatable bonds is 5. The highest BCUT2D eigenvalue weighted by Gasteiger charge is 2.33. The quantitative estimate of drug-likeness (QED) is 0.737. The number of carbonyl (C=O) groups is 1. The molecule has 7 nitrogen and oxygen atoms in total. The maximum Gasteiger partial charge on any atom is 0.291 e. The average Bonchev–Trinajstić information content (AvgIpc) is 3.30. The van der Waals surface area contributed by atoms with Crippen LogP contribution < -0.4 is 5.56 Å². The van der Waals surface area contributed by atoms with Crippen molar-refractivity contribution in [2.45, 2.75) is 38.9 Å². The van der Waals surface area contributed by atoms with Crippen LogP contribution in [-0.2, 0) is 6.54 Å². The number of fused-ring (bicyclic) bond motifs is 1. The fourth-order valence-electron chi connectivity index (χ4n) is 4.01. The molecule has 1 aliphatic heterocycles. The fraction of sp³-hybridized carbons (Fsp3) is 0.381. The zero-order valence-corrected chi connectivity index (χ0v) is 16.2. The van der Waals surface area contributed by atoms with Gasteiger partial charge < -0.3 is 14.3 Å². The predicted octanol–water partition coefficient (Wildman–Crippen LogP) is 2.15. The Balaban J connectivity index is 1.53. The Hall–Kier alpha value is -2.93. The van der Waals surface area contributed by atoms with Crippen LogP contribution in [0.4, 0.5) is 0 Å². The monoisotopic (exact) mass is 379 g/mol. The van der Waals surface area contributed by atoms with Gasteiger partial charge in [-0.15, -0.1) is 0 Å². The third-order valence-corrected chi connectivity index (χ3v) is 5.28. The van der Waals surface area contributed by atoms with E-state index in [9.17, 15) is 9.59 Å². The number of amides is 1. The lowest BCUT2D eigenvalue weighted by Crippen LogP contribution is -2.46. The molecule has 146 valence electrons. The molecule has 1 fully saturated rings. The molecule has 0 spiro atoms. The van der Waals surface area contributed by atoms with E-state index in [-0.39, 0.29) is 29.2 Å². The second kappa shape index (κ2) is 7.59. The van der Waals surface area contributed by atoms with Crippen molar-refractivity contribution in [2.24, 2.45) is 0 Å². The van der Waals surface area contributed by atoms with Crippen LogP contribution in [0.2, 0.25) is 0 Å². The normalized spacial score (nSPS) is 17.5. The van der Waals surface area contributed by atoms with Crippen LogP contribution in [-0.4, -0.2) is 55.2 Å². The van der Waals surface area contributed by atoms with Gasteiger partial charge in [-0.3, -0.25) is 14.5 Å². The van der Waals surface area contributed by atoms with E-state index in [1.165, 1.54) is 5.56 Å².